The number of fused-ring (bicyclic) bond motifs is 1. The highest BCUT2D eigenvalue weighted by Gasteiger charge is 2.40. The lowest BCUT2D eigenvalue weighted by Crippen LogP contribution is -2.14. The molecule has 20 heavy (non-hydrogen) atoms. The zero-order valence-corrected chi connectivity index (χ0v) is 10.3. The van der Waals surface area contributed by atoms with Crippen LogP contribution >= 0.6 is 0 Å². The first-order valence-corrected chi connectivity index (χ1v) is 6.00. The Morgan fingerprint density at radius 2 is 1.60 bits per heavy atom. The van der Waals surface area contributed by atoms with E-state index in [9.17, 15) is 14.0 Å². The monoisotopic (exact) mass is 265 g/mol. The molecule has 0 saturated carbocycles. The molecular formula is C16H8FNO2. The smallest absolute Gasteiger partial charge is 0.178 e. The molecule has 0 atom stereocenters. The summed E-state index contributed by atoms with van der Waals surface area (Å²) in [6.07, 6.45) is 0. The molecular weight excluding hydrogens is 257 g/mol. The third-order valence-electron chi connectivity index (χ3n) is 3.43. The average molecular weight is 265 g/mol. The fourth-order valence-corrected chi connectivity index (χ4v) is 2.50. The number of nitriles is 1. The molecule has 0 aromatic heterocycles. The normalized spacial score (nSPS) is 14.2. The minimum atomic E-state index is -1.11. The van der Waals surface area contributed by atoms with E-state index in [0.717, 1.165) is 12.1 Å². The van der Waals surface area contributed by atoms with Gasteiger partial charge in [-0.15, -0.1) is 0 Å². The third-order valence-corrected chi connectivity index (χ3v) is 3.43. The molecule has 0 aliphatic heterocycles. The summed E-state index contributed by atoms with van der Waals surface area (Å²) < 4.78 is 13.4. The van der Waals surface area contributed by atoms with Crippen LogP contribution in [0.5, 0.6) is 0 Å². The molecule has 1 aliphatic carbocycles. The van der Waals surface area contributed by atoms with Crippen LogP contribution in [0.3, 0.4) is 0 Å². The molecule has 0 bridgehead atoms. The van der Waals surface area contributed by atoms with Crippen LogP contribution in [0.15, 0.2) is 42.5 Å². The molecule has 0 heterocycles. The molecule has 0 spiro atoms. The molecule has 0 amide bonds. The Balaban J connectivity index is 2.19. The van der Waals surface area contributed by atoms with Crippen LogP contribution in [-0.2, 0) is 0 Å². The summed E-state index contributed by atoms with van der Waals surface area (Å²) in [5.41, 5.74) is 0.941. The average Bonchev–Trinajstić information content (AvgIpc) is 2.71. The lowest BCUT2D eigenvalue weighted by Gasteiger charge is -2.09. The van der Waals surface area contributed by atoms with E-state index in [2.05, 4.69) is 0 Å². The highest BCUT2D eigenvalue weighted by atomic mass is 19.1. The molecule has 0 saturated heterocycles. The van der Waals surface area contributed by atoms with Gasteiger partial charge in [0.1, 0.15) is 11.7 Å². The second kappa shape index (κ2) is 4.39. The van der Waals surface area contributed by atoms with Gasteiger partial charge in [0.15, 0.2) is 11.6 Å². The summed E-state index contributed by atoms with van der Waals surface area (Å²) >= 11 is 0. The van der Waals surface area contributed by atoms with Crippen LogP contribution in [0, 0.1) is 17.1 Å². The van der Waals surface area contributed by atoms with Crippen LogP contribution < -0.4 is 0 Å². The molecule has 2 aromatic carbocycles. The highest BCUT2D eigenvalue weighted by molar-refractivity contribution is 6.29. The maximum Gasteiger partial charge on any atom is 0.178 e. The molecule has 3 rings (SSSR count). The number of rotatable bonds is 1. The fourth-order valence-electron chi connectivity index (χ4n) is 2.50. The first-order chi connectivity index (χ1) is 9.63. The number of halogens is 1. The van der Waals surface area contributed by atoms with Crippen molar-refractivity contribution >= 4 is 11.6 Å². The first-order valence-electron chi connectivity index (χ1n) is 6.00. The van der Waals surface area contributed by atoms with Gasteiger partial charge in [-0.1, -0.05) is 24.3 Å². The van der Waals surface area contributed by atoms with Crippen molar-refractivity contribution in [3.8, 4) is 6.07 Å². The highest BCUT2D eigenvalue weighted by Crippen LogP contribution is 2.35. The van der Waals surface area contributed by atoms with E-state index in [1.54, 1.807) is 24.3 Å². The van der Waals surface area contributed by atoms with Crippen molar-refractivity contribution in [3.63, 3.8) is 0 Å². The van der Waals surface area contributed by atoms with Gasteiger partial charge in [0.05, 0.1) is 11.6 Å². The molecule has 1 aliphatic rings. The predicted octanol–water partition coefficient (Wildman–Crippen LogP) is 2.86. The maximum atomic E-state index is 13.4. The lowest BCUT2D eigenvalue weighted by molar-refractivity contribution is 0.0890. The van der Waals surface area contributed by atoms with Gasteiger partial charge in [0.2, 0.25) is 0 Å². The minimum absolute atomic E-state index is 0.138. The number of Topliss-reactive ketones (excluding diaryl/α,β-unsaturated/α-hetero) is 2. The summed E-state index contributed by atoms with van der Waals surface area (Å²) in [7, 11) is 0. The molecule has 96 valence electrons. The topological polar surface area (TPSA) is 57.9 Å². The molecule has 0 unspecified atom stereocenters. The van der Waals surface area contributed by atoms with E-state index >= 15 is 0 Å². The number of carbonyl (C=O) groups is 2. The first kappa shape index (κ1) is 12.2. The van der Waals surface area contributed by atoms with Gasteiger partial charge >= 0.3 is 0 Å². The minimum Gasteiger partial charge on any atom is -0.293 e. The van der Waals surface area contributed by atoms with Gasteiger partial charge in [-0.25, -0.2) is 4.39 Å². The van der Waals surface area contributed by atoms with Crippen molar-refractivity contribution in [2.24, 2.45) is 0 Å². The SMILES string of the molecule is N#Cc1ccc(F)cc1C1C(=O)c2ccccc2C1=O. The van der Waals surface area contributed by atoms with Crippen molar-refractivity contribution in [1.29, 1.82) is 5.26 Å². The van der Waals surface area contributed by atoms with E-state index < -0.39 is 11.7 Å². The van der Waals surface area contributed by atoms with Crippen molar-refractivity contribution in [1.82, 2.24) is 0 Å². The number of hydrogen-bond acceptors (Lipinski definition) is 3. The summed E-state index contributed by atoms with van der Waals surface area (Å²) in [5.74, 6) is -2.45. The van der Waals surface area contributed by atoms with Crippen molar-refractivity contribution < 1.29 is 14.0 Å². The van der Waals surface area contributed by atoms with Gasteiger partial charge in [0.25, 0.3) is 0 Å². The molecule has 0 N–H and O–H groups in total. The standard InChI is InChI=1S/C16H8FNO2/c17-10-6-5-9(8-18)13(7-10)14-15(19)11-3-1-2-4-12(11)16(14)20/h1-7,14H. The molecule has 4 heteroatoms. The van der Waals surface area contributed by atoms with Gasteiger partial charge in [-0.3, -0.25) is 9.59 Å². The summed E-state index contributed by atoms with van der Waals surface area (Å²) in [6.45, 7) is 0. The van der Waals surface area contributed by atoms with Gasteiger partial charge in [-0.05, 0) is 23.8 Å². The van der Waals surface area contributed by atoms with Crippen molar-refractivity contribution in [3.05, 3.63) is 70.5 Å². The van der Waals surface area contributed by atoms with E-state index in [0.29, 0.717) is 11.1 Å². The van der Waals surface area contributed by atoms with Gasteiger partial charge in [-0.2, -0.15) is 5.26 Å². The molecule has 0 fully saturated rings. The lowest BCUT2D eigenvalue weighted by atomic mass is 9.90. The van der Waals surface area contributed by atoms with Crippen LogP contribution in [0.2, 0.25) is 0 Å². The Labute approximate surface area is 114 Å². The number of carbonyl (C=O) groups excluding carboxylic acids is 2. The predicted molar refractivity (Wildman–Crippen MR) is 69.0 cm³/mol. The number of hydrogen-bond donors (Lipinski definition) is 0. The van der Waals surface area contributed by atoms with Crippen LogP contribution in [0.4, 0.5) is 4.39 Å². The Morgan fingerprint density at radius 3 is 2.15 bits per heavy atom. The van der Waals surface area contributed by atoms with Crippen molar-refractivity contribution in [2.75, 3.05) is 0 Å². The number of nitrogens with zero attached hydrogens (tertiary/aromatic N) is 1. The van der Waals surface area contributed by atoms with Gasteiger partial charge < -0.3 is 0 Å². The summed E-state index contributed by atoms with van der Waals surface area (Å²) in [6, 6.07) is 11.9. The number of ketones is 2. The van der Waals surface area contributed by atoms with E-state index in [1.165, 1.54) is 6.07 Å². The largest absolute Gasteiger partial charge is 0.293 e. The fraction of sp³-hybridized carbons (Fsp3) is 0.0625. The zero-order chi connectivity index (χ0) is 14.3. The van der Waals surface area contributed by atoms with E-state index in [-0.39, 0.29) is 22.7 Å². The molecule has 0 radical (unpaired) electrons. The quantitative estimate of drug-likeness (QED) is 0.745. The van der Waals surface area contributed by atoms with E-state index in [1.807, 2.05) is 6.07 Å². The Hall–Kier alpha value is -2.80. The Bertz CT molecular complexity index is 754. The zero-order valence-electron chi connectivity index (χ0n) is 10.3. The molecule has 3 nitrogen and oxygen atoms in total. The summed E-state index contributed by atoms with van der Waals surface area (Å²) in [5, 5.41) is 9.06. The van der Waals surface area contributed by atoms with Crippen LogP contribution in [-0.4, -0.2) is 11.6 Å². The summed E-state index contributed by atoms with van der Waals surface area (Å²) in [4.78, 5) is 24.7. The van der Waals surface area contributed by atoms with Crippen molar-refractivity contribution in [2.45, 2.75) is 5.92 Å². The maximum absolute atomic E-state index is 13.4. The van der Waals surface area contributed by atoms with Gasteiger partial charge in [0, 0.05) is 11.1 Å². The van der Waals surface area contributed by atoms with Crippen LogP contribution in [0.1, 0.15) is 37.8 Å². The second-order valence-electron chi connectivity index (χ2n) is 4.55. The third kappa shape index (κ3) is 1.64. The Kier molecular flexibility index (Phi) is 2.69. The van der Waals surface area contributed by atoms with Crippen LogP contribution in [0.25, 0.3) is 0 Å². The van der Waals surface area contributed by atoms with E-state index in [4.69, 9.17) is 5.26 Å². The number of benzene rings is 2. The second-order valence-corrected chi connectivity index (χ2v) is 4.55. The molecule has 2 aromatic rings. The Morgan fingerprint density at radius 1 is 1.00 bits per heavy atom.